The molecule has 1 aromatic rings. The lowest BCUT2D eigenvalue weighted by Gasteiger charge is -2.33. The lowest BCUT2D eigenvalue weighted by atomic mass is 9.82. The molecule has 23 heavy (non-hydrogen) atoms. The highest BCUT2D eigenvalue weighted by atomic mass is 19.4. The van der Waals surface area contributed by atoms with Crippen molar-refractivity contribution >= 4 is 12.0 Å². The molecule has 1 aliphatic heterocycles. The summed E-state index contributed by atoms with van der Waals surface area (Å²) in [5.41, 5.74) is 0. The Morgan fingerprint density at radius 2 is 1.91 bits per heavy atom. The first-order valence-electron chi connectivity index (χ1n) is 7.37. The predicted octanol–water partition coefficient (Wildman–Crippen LogP) is 2.15. The third-order valence-corrected chi connectivity index (χ3v) is 4.29. The summed E-state index contributed by atoms with van der Waals surface area (Å²) in [4.78, 5) is 12.7. The van der Waals surface area contributed by atoms with E-state index in [1.54, 1.807) is 4.90 Å². The van der Waals surface area contributed by atoms with Crippen molar-refractivity contribution in [1.82, 2.24) is 10.2 Å². The second-order valence-corrected chi connectivity index (χ2v) is 5.88. The molecule has 1 aliphatic carbocycles. The molecule has 0 bridgehead atoms. The van der Waals surface area contributed by atoms with Crippen molar-refractivity contribution in [3.63, 3.8) is 0 Å². The summed E-state index contributed by atoms with van der Waals surface area (Å²) in [6.07, 6.45) is -4.09. The number of piperidine rings is 1. The van der Waals surface area contributed by atoms with Crippen molar-refractivity contribution in [2.24, 2.45) is 5.92 Å². The highest BCUT2D eigenvalue weighted by Crippen LogP contribution is 2.41. The van der Waals surface area contributed by atoms with E-state index < -0.39 is 18.4 Å². The molecule has 1 aromatic heterocycles. The Hall–Kier alpha value is -1.84. The van der Waals surface area contributed by atoms with Gasteiger partial charge in [-0.15, -0.1) is 18.3 Å². The van der Waals surface area contributed by atoms with Crippen LogP contribution in [0.5, 0.6) is 0 Å². The third kappa shape index (κ3) is 3.74. The molecule has 0 amide bonds. The highest BCUT2D eigenvalue weighted by Gasteiger charge is 2.42. The number of ether oxygens (including phenoxy) is 1. The Balaban J connectivity index is 1.51. The van der Waals surface area contributed by atoms with Gasteiger partial charge in [0, 0.05) is 19.0 Å². The van der Waals surface area contributed by atoms with Crippen LogP contribution in [0.1, 0.15) is 37.5 Å². The van der Waals surface area contributed by atoms with Crippen LogP contribution in [0.15, 0.2) is 4.42 Å². The van der Waals surface area contributed by atoms with Crippen LogP contribution in [0, 0.1) is 5.92 Å². The molecule has 0 atom stereocenters. The lowest BCUT2D eigenvalue weighted by Crippen LogP contribution is -2.36. The fourth-order valence-electron chi connectivity index (χ4n) is 2.89. The van der Waals surface area contributed by atoms with E-state index in [0.717, 1.165) is 0 Å². The fraction of sp³-hybridized carbons (Fsp3) is 0.769. The molecule has 2 heterocycles. The van der Waals surface area contributed by atoms with Crippen molar-refractivity contribution in [2.45, 2.75) is 44.1 Å². The number of anilines is 1. The number of carboxylic acids is 1. The molecule has 0 radical (unpaired) electrons. The molecular formula is C13H16F3N3O4. The largest absolute Gasteiger partial charge is 0.522 e. The van der Waals surface area contributed by atoms with Crippen molar-refractivity contribution in [1.29, 1.82) is 0 Å². The molecule has 7 nitrogen and oxygen atoms in total. The van der Waals surface area contributed by atoms with Gasteiger partial charge in [0.15, 0.2) is 0 Å². The first-order valence-corrected chi connectivity index (χ1v) is 7.37. The second kappa shape index (κ2) is 5.99. The van der Waals surface area contributed by atoms with Crippen LogP contribution in [-0.4, -0.2) is 46.8 Å². The summed E-state index contributed by atoms with van der Waals surface area (Å²) in [5.74, 6) is -1.08. The molecule has 2 fully saturated rings. The molecule has 10 heteroatoms. The van der Waals surface area contributed by atoms with Gasteiger partial charge >= 0.3 is 18.3 Å². The minimum absolute atomic E-state index is 0.197. The zero-order valence-corrected chi connectivity index (χ0v) is 12.1. The maximum Gasteiger partial charge on any atom is 0.522 e. The lowest BCUT2D eigenvalue weighted by molar-refractivity contribution is -0.352. The molecule has 3 rings (SSSR count). The smallest absolute Gasteiger partial charge is 0.481 e. The molecule has 0 spiro atoms. The standard InChI is InChI=1S/C13H16F3N3O4/c14-13(15,16)23-9-5-8(6-9)10-17-18-12(22-10)19-3-1-7(2-4-19)11(20)21/h7-9H,1-6H2,(H,20,21)/t8-,9+. The van der Waals surface area contributed by atoms with E-state index in [4.69, 9.17) is 9.52 Å². The molecule has 2 aliphatic rings. The number of aliphatic carboxylic acids is 1. The zero-order chi connectivity index (χ0) is 16.6. The summed E-state index contributed by atoms with van der Waals surface area (Å²) in [5, 5.41) is 16.8. The van der Waals surface area contributed by atoms with E-state index in [9.17, 15) is 18.0 Å². The number of rotatable bonds is 4. The Morgan fingerprint density at radius 1 is 1.26 bits per heavy atom. The first-order chi connectivity index (χ1) is 10.8. The number of hydrogen-bond donors (Lipinski definition) is 1. The normalized spacial score (nSPS) is 26.1. The van der Waals surface area contributed by atoms with Gasteiger partial charge in [0.25, 0.3) is 0 Å². The van der Waals surface area contributed by atoms with E-state index in [1.165, 1.54) is 0 Å². The summed E-state index contributed by atoms with van der Waals surface area (Å²) in [6, 6.07) is 0.295. The molecule has 0 unspecified atom stereocenters. The Morgan fingerprint density at radius 3 is 2.48 bits per heavy atom. The van der Waals surface area contributed by atoms with E-state index in [1.807, 2.05) is 0 Å². The van der Waals surface area contributed by atoms with E-state index in [-0.39, 0.29) is 24.7 Å². The summed E-state index contributed by atoms with van der Waals surface area (Å²) >= 11 is 0. The summed E-state index contributed by atoms with van der Waals surface area (Å²) in [7, 11) is 0. The Labute approximate surface area is 129 Å². The Kier molecular flexibility index (Phi) is 4.17. The Bertz CT molecular complexity index is 563. The van der Waals surface area contributed by atoms with Gasteiger partial charge in [-0.05, 0) is 25.7 Å². The average molecular weight is 335 g/mol. The van der Waals surface area contributed by atoms with Crippen LogP contribution in [0.2, 0.25) is 0 Å². The number of carbonyl (C=O) groups is 1. The van der Waals surface area contributed by atoms with Crippen LogP contribution >= 0.6 is 0 Å². The number of halogens is 3. The number of nitrogens with zero attached hydrogens (tertiary/aromatic N) is 3. The number of carboxylic acid groups (broad SMARTS) is 1. The van der Waals surface area contributed by atoms with Gasteiger partial charge in [0.05, 0.1) is 12.0 Å². The van der Waals surface area contributed by atoms with Gasteiger partial charge in [0.2, 0.25) is 5.89 Å². The third-order valence-electron chi connectivity index (χ3n) is 4.29. The van der Waals surface area contributed by atoms with Crippen LogP contribution in [0.4, 0.5) is 19.2 Å². The van der Waals surface area contributed by atoms with Gasteiger partial charge in [-0.25, -0.2) is 0 Å². The van der Waals surface area contributed by atoms with Crippen LogP contribution in [0.25, 0.3) is 0 Å². The molecule has 1 saturated heterocycles. The predicted molar refractivity (Wildman–Crippen MR) is 69.8 cm³/mol. The van der Waals surface area contributed by atoms with Gasteiger partial charge in [0.1, 0.15) is 0 Å². The minimum Gasteiger partial charge on any atom is -0.481 e. The second-order valence-electron chi connectivity index (χ2n) is 5.88. The van der Waals surface area contributed by atoms with Gasteiger partial charge in [-0.1, -0.05) is 5.10 Å². The minimum atomic E-state index is -4.62. The van der Waals surface area contributed by atoms with Crippen molar-refractivity contribution in [2.75, 3.05) is 18.0 Å². The van der Waals surface area contributed by atoms with Gasteiger partial charge in [-0.2, -0.15) is 0 Å². The number of hydrogen-bond acceptors (Lipinski definition) is 6. The first kappa shape index (κ1) is 16.0. The van der Waals surface area contributed by atoms with Gasteiger partial charge in [-0.3, -0.25) is 9.53 Å². The van der Waals surface area contributed by atoms with Crippen LogP contribution in [0.3, 0.4) is 0 Å². The zero-order valence-electron chi connectivity index (χ0n) is 12.1. The van der Waals surface area contributed by atoms with E-state index >= 15 is 0 Å². The molecule has 1 N–H and O–H groups in total. The average Bonchev–Trinajstić information content (AvgIpc) is 2.90. The van der Waals surface area contributed by atoms with E-state index in [2.05, 4.69) is 14.9 Å². The van der Waals surface area contributed by atoms with Gasteiger partial charge < -0.3 is 14.4 Å². The number of alkyl halides is 3. The van der Waals surface area contributed by atoms with Crippen molar-refractivity contribution in [3.05, 3.63) is 5.89 Å². The molecule has 0 aromatic carbocycles. The molecule has 1 saturated carbocycles. The number of aromatic nitrogens is 2. The SMILES string of the molecule is O=C(O)C1CCN(c2nnc([C@H]3C[C@@H](OC(F)(F)F)C3)o2)CC1. The summed E-state index contributed by atoms with van der Waals surface area (Å²) < 4.78 is 45.7. The van der Waals surface area contributed by atoms with Crippen LogP contribution < -0.4 is 4.90 Å². The van der Waals surface area contributed by atoms with Crippen molar-refractivity contribution < 1.29 is 32.2 Å². The molecule has 128 valence electrons. The highest BCUT2D eigenvalue weighted by molar-refractivity contribution is 5.70. The topological polar surface area (TPSA) is 88.7 Å². The fourth-order valence-corrected chi connectivity index (χ4v) is 2.89. The van der Waals surface area contributed by atoms with E-state index in [0.29, 0.717) is 37.8 Å². The molecular weight excluding hydrogens is 319 g/mol. The van der Waals surface area contributed by atoms with Crippen molar-refractivity contribution in [3.8, 4) is 0 Å². The monoisotopic (exact) mass is 335 g/mol. The maximum absolute atomic E-state index is 12.1. The quantitative estimate of drug-likeness (QED) is 0.902. The maximum atomic E-state index is 12.1. The summed E-state index contributed by atoms with van der Waals surface area (Å²) in [6.45, 7) is 1.01. The van der Waals surface area contributed by atoms with Crippen LogP contribution in [-0.2, 0) is 9.53 Å².